The monoisotopic (exact) mass is 409 g/mol. The van der Waals surface area contributed by atoms with Crippen molar-refractivity contribution in [3.63, 3.8) is 0 Å². The van der Waals surface area contributed by atoms with Crippen molar-refractivity contribution in [3.05, 3.63) is 70.8 Å². The van der Waals surface area contributed by atoms with Crippen molar-refractivity contribution in [2.75, 3.05) is 0 Å². The fourth-order valence-corrected chi connectivity index (χ4v) is 3.86. The number of alkyl halides is 3. The molecule has 0 saturated carbocycles. The summed E-state index contributed by atoms with van der Waals surface area (Å²) >= 11 is 0. The van der Waals surface area contributed by atoms with Crippen molar-refractivity contribution in [3.8, 4) is 11.1 Å². The molecule has 3 N–H and O–H groups in total. The van der Waals surface area contributed by atoms with Gasteiger partial charge in [-0.25, -0.2) is 4.99 Å². The normalized spacial score (nSPS) is 14.2. The number of nitrogens with one attached hydrogen (secondary N) is 1. The number of fused-ring (bicyclic) bond motifs is 2. The summed E-state index contributed by atoms with van der Waals surface area (Å²) < 4.78 is 40.2. The molecule has 0 aromatic heterocycles. The second-order valence-electron chi connectivity index (χ2n) is 8.27. The summed E-state index contributed by atoms with van der Waals surface area (Å²) in [5.74, 6) is 0.181. The van der Waals surface area contributed by atoms with Gasteiger partial charge in [0.1, 0.15) is 5.84 Å². The van der Waals surface area contributed by atoms with Gasteiger partial charge in [-0.1, -0.05) is 45.0 Å². The zero-order chi connectivity index (χ0) is 21.8. The van der Waals surface area contributed by atoms with Crippen LogP contribution in [-0.2, 0) is 11.6 Å². The van der Waals surface area contributed by atoms with Gasteiger partial charge in [0.2, 0.25) is 0 Å². The van der Waals surface area contributed by atoms with Crippen LogP contribution in [0.25, 0.3) is 21.9 Å². The molecule has 3 aromatic rings. The van der Waals surface area contributed by atoms with Gasteiger partial charge in [0.25, 0.3) is 0 Å². The second kappa shape index (κ2) is 6.69. The molecule has 3 nitrogen and oxygen atoms in total. The first-order valence-electron chi connectivity index (χ1n) is 9.75. The van der Waals surface area contributed by atoms with Crippen molar-refractivity contribution in [1.29, 1.82) is 5.41 Å². The molecule has 1 aliphatic heterocycles. The summed E-state index contributed by atoms with van der Waals surface area (Å²) in [5.41, 5.74) is 8.46. The summed E-state index contributed by atoms with van der Waals surface area (Å²) in [6.45, 7) is 6.38. The van der Waals surface area contributed by atoms with Crippen LogP contribution in [0, 0.1) is 5.41 Å². The summed E-state index contributed by atoms with van der Waals surface area (Å²) in [4.78, 5) is 4.08. The lowest BCUT2D eigenvalue weighted by Crippen LogP contribution is -2.16. The Hall–Kier alpha value is -3.15. The van der Waals surface area contributed by atoms with E-state index in [2.05, 4.69) is 25.8 Å². The number of hydrogen-bond acceptors (Lipinski definition) is 2. The maximum Gasteiger partial charge on any atom is 0.416 e. The molecule has 0 atom stereocenters. The Morgan fingerprint density at radius 3 is 2.37 bits per heavy atom. The molecule has 0 aliphatic carbocycles. The van der Waals surface area contributed by atoms with Crippen LogP contribution in [0.3, 0.4) is 0 Å². The Morgan fingerprint density at radius 1 is 0.967 bits per heavy atom. The quantitative estimate of drug-likeness (QED) is 0.527. The lowest BCUT2D eigenvalue weighted by molar-refractivity contribution is -0.137. The van der Waals surface area contributed by atoms with Crippen LogP contribution < -0.4 is 5.73 Å². The summed E-state index contributed by atoms with van der Waals surface area (Å²) in [5, 5.41) is 9.81. The van der Waals surface area contributed by atoms with Gasteiger partial charge >= 0.3 is 6.18 Å². The maximum atomic E-state index is 13.4. The van der Waals surface area contributed by atoms with Crippen molar-refractivity contribution in [1.82, 2.24) is 0 Å². The topological polar surface area (TPSA) is 62.2 Å². The van der Waals surface area contributed by atoms with Gasteiger partial charge in [-0.05, 0) is 58.0 Å². The van der Waals surface area contributed by atoms with Gasteiger partial charge in [0.05, 0.1) is 5.56 Å². The van der Waals surface area contributed by atoms with E-state index >= 15 is 0 Å². The summed E-state index contributed by atoms with van der Waals surface area (Å²) in [6, 6.07) is 13.1. The number of rotatable bonds is 3. The number of halogens is 3. The fourth-order valence-electron chi connectivity index (χ4n) is 3.86. The van der Waals surface area contributed by atoms with Crippen LogP contribution in [0.5, 0.6) is 0 Å². The lowest BCUT2D eigenvalue weighted by Gasteiger charge is -2.24. The predicted molar refractivity (Wildman–Crippen MR) is 115 cm³/mol. The largest absolute Gasteiger partial charge is 0.416 e. The van der Waals surface area contributed by atoms with Crippen LogP contribution in [-0.4, -0.2) is 11.7 Å². The van der Waals surface area contributed by atoms with Crippen LogP contribution in [0.4, 0.5) is 13.2 Å². The van der Waals surface area contributed by atoms with Gasteiger partial charge in [-0.3, -0.25) is 5.41 Å². The number of hydrogen-bond donors (Lipinski definition) is 2. The molecule has 4 rings (SSSR count). The molecular formula is C24H22F3N3. The van der Waals surface area contributed by atoms with E-state index in [1.54, 1.807) is 6.07 Å². The van der Waals surface area contributed by atoms with Gasteiger partial charge in [-0.2, -0.15) is 13.2 Å². The van der Waals surface area contributed by atoms with E-state index in [9.17, 15) is 13.2 Å². The molecular weight excluding hydrogens is 387 g/mol. The van der Waals surface area contributed by atoms with E-state index in [4.69, 9.17) is 11.1 Å². The minimum absolute atomic E-state index is 0.0237. The van der Waals surface area contributed by atoms with E-state index < -0.39 is 11.7 Å². The third kappa shape index (κ3) is 3.16. The average molecular weight is 409 g/mol. The smallest absolute Gasteiger partial charge is 0.383 e. The first-order valence-corrected chi connectivity index (χ1v) is 9.75. The first-order chi connectivity index (χ1) is 14.0. The molecule has 0 amide bonds. The van der Waals surface area contributed by atoms with Crippen LogP contribution >= 0.6 is 0 Å². The number of benzene rings is 3. The van der Waals surface area contributed by atoms with Crippen LogP contribution in [0.1, 0.15) is 49.4 Å². The Bertz CT molecular complexity index is 1220. The Morgan fingerprint density at radius 2 is 1.70 bits per heavy atom. The number of nitrogens with zero attached hydrogens (tertiary/aromatic N) is 1. The molecule has 0 unspecified atom stereocenters. The molecule has 1 heterocycles. The average Bonchev–Trinajstić information content (AvgIpc) is 2.98. The summed E-state index contributed by atoms with van der Waals surface area (Å²) in [6.07, 6.45) is -3.54. The molecule has 1 aliphatic rings. The van der Waals surface area contributed by atoms with Gasteiger partial charge in [0, 0.05) is 16.7 Å². The minimum Gasteiger partial charge on any atom is -0.383 e. The number of nitrogens with two attached hydrogens (primary N) is 1. The van der Waals surface area contributed by atoms with Gasteiger partial charge < -0.3 is 5.73 Å². The maximum absolute atomic E-state index is 13.4. The molecule has 0 radical (unpaired) electrons. The molecule has 0 fully saturated rings. The van der Waals surface area contributed by atoms with E-state index in [1.165, 1.54) is 6.07 Å². The Labute approximate surface area is 173 Å². The molecule has 30 heavy (non-hydrogen) atoms. The summed E-state index contributed by atoms with van der Waals surface area (Å²) in [7, 11) is 0. The third-order valence-electron chi connectivity index (χ3n) is 6.03. The molecule has 6 heteroatoms. The fraction of sp³-hybridized carbons (Fsp3) is 0.250. The van der Waals surface area contributed by atoms with Crippen LogP contribution in [0.15, 0.2) is 53.5 Å². The Kier molecular flexibility index (Phi) is 4.49. The van der Waals surface area contributed by atoms with E-state index in [-0.39, 0.29) is 17.1 Å². The van der Waals surface area contributed by atoms with Crippen LogP contribution in [0.2, 0.25) is 0 Å². The Balaban J connectivity index is 2.11. The third-order valence-corrected chi connectivity index (χ3v) is 6.03. The van der Waals surface area contributed by atoms with Crippen molar-refractivity contribution in [2.24, 2.45) is 10.7 Å². The van der Waals surface area contributed by atoms with E-state index in [0.29, 0.717) is 22.3 Å². The SMILES string of the molecule is CCC(C)(C)c1ccc2cc3c(c(-c4cccc(C(F)(F)F)c4)c2c1)C(N)=NC3=N. The molecule has 3 aromatic carbocycles. The van der Waals surface area contributed by atoms with Gasteiger partial charge in [0.15, 0.2) is 5.84 Å². The minimum atomic E-state index is -4.45. The van der Waals surface area contributed by atoms with Crippen molar-refractivity contribution >= 4 is 22.4 Å². The number of amidine groups is 2. The molecule has 0 spiro atoms. The standard InChI is InChI=1S/C24H22F3N3/c1-4-23(2,3)15-9-8-13-11-18-20(22(29)30-21(18)28)19(17(13)12-15)14-6-5-7-16(10-14)24(25,26)27/h5-12H,4H2,1-3H3,(H3,28,29,30). The highest BCUT2D eigenvalue weighted by molar-refractivity contribution is 6.27. The predicted octanol–water partition coefficient (Wildman–Crippen LogP) is 6.26. The van der Waals surface area contributed by atoms with Crippen molar-refractivity contribution in [2.45, 2.75) is 38.8 Å². The highest BCUT2D eigenvalue weighted by Crippen LogP contribution is 2.41. The lowest BCUT2D eigenvalue weighted by atomic mass is 9.80. The van der Waals surface area contributed by atoms with Gasteiger partial charge in [-0.15, -0.1) is 0 Å². The molecule has 0 bridgehead atoms. The highest BCUT2D eigenvalue weighted by Gasteiger charge is 2.32. The molecule has 0 saturated heterocycles. The van der Waals surface area contributed by atoms with Crippen molar-refractivity contribution < 1.29 is 13.2 Å². The zero-order valence-corrected chi connectivity index (χ0v) is 17.0. The first kappa shape index (κ1) is 20.1. The van der Waals surface area contributed by atoms with E-state index in [1.807, 2.05) is 24.3 Å². The zero-order valence-electron chi connectivity index (χ0n) is 17.0. The highest BCUT2D eigenvalue weighted by atomic mass is 19.4. The second-order valence-corrected chi connectivity index (χ2v) is 8.27. The van der Waals surface area contributed by atoms with E-state index in [0.717, 1.165) is 34.9 Å². The molecule has 154 valence electrons. The number of aliphatic imine (C=N–C) groups is 1.